The van der Waals surface area contributed by atoms with E-state index in [2.05, 4.69) is 11.4 Å². The fourth-order valence-corrected chi connectivity index (χ4v) is 4.10. The van der Waals surface area contributed by atoms with E-state index in [4.69, 9.17) is 0 Å². The van der Waals surface area contributed by atoms with E-state index in [1.807, 2.05) is 9.80 Å². The quantitative estimate of drug-likeness (QED) is 0.804. The molecule has 2 heterocycles. The van der Waals surface area contributed by atoms with E-state index >= 15 is 0 Å². The van der Waals surface area contributed by atoms with Crippen LogP contribution in [0.4, 0.5) is 4.79 Å². The fraction of sp³-hybridized carbons (Fsp3) is 0.789. The lowest BCUT2D eigenvalue weighted by atomic mass is 9.96. The minimum atomic E-state index is -0.0364. The van der Waals surface area contributed by atoms with Gasteiger partial charge >= 0.3 is 6.03 Å². The number of hydrogen-bond donors (Lipinski definition) is 1. The topological polar surface area (TPSA) is 52.7 Å². The molecule has 5 nitrogen and oxygen atoms in total. The van der Waals surface area contributed by atoms with E-state index in [0.29, 0.717) is 6.54 Å². The summed E-state index contributed by atoms with van der Waals surface area (Å²) in [4.78, 5) is 28.8. The van der Waals surface area contributed by atoms with Gasteiger partial charge < -0.3 is 15.1 Å². The van der Waals surface area contributed by atoms with Crippen LogP contribution in [0.3, 0.4) is 0 Å². The number of urea groups is 1. The zero-order valence-electron chi connectivity index (χ0n) is 14.8. The van der Waals surface area contributed by atoms with Crippen LogP contribution in [0.25, 0.3) is 0 Å². The molecule has 0 radical (unpaired) electrons. The van der Waals surface area contributed by atoms with Gasteiger partial charge in [-0.25, -0.2) is 4.79 Å². The Balaban J connectivity index is 1.42. The molecule has 3 rings (SSSR count). The molecule has 5 heteroatoms. The summed E-state index contributed by atoms with van der Waals surface area (Å²) in [5, 5.41) is 3.10. The van der Waals surface area contributed by atoms with Crippen LogP contribution in [0.1, 0.15) is 57.8 Å². The molecule has 0 aromatic rings. The summed E-state index contributed by atoms with van der Waals surface area (Å²) in [7, 11) is 0. The van der Waals surface area contributed by atoms with Gasteiger partial charge in [0.15, 0.2) is 0 Å². The van der Waals surface area contributed by atoms with E-state index in [9.17, 15) is 9.59 Å². The van der Waals surface area contributed by atoms with Gasteiger partial charge in [0, 0.05) is 32.7 Å². The van der Waals surface area contributed by atoms with E-state index in [0.717, 1.165) is 58.3 Å². The van der Waals surface area contributed by atoms with Crippen molar-refractivity contribution in [1.29, 1.82) is 0 Å². The first-order valence-corrected chi connectivity index (χ1v) is 9.73. The standard InChI is InChI=1S/C19H31N3O2/c23-18(20-11-10-16-7-2-1-3-8-16)17-9-6-14-22(15-17)19(24)21-12-4-5-13-21/h7,17H,1-6,8-15H2,(H,20,23). The van der Waals surface area contributed by atoms with Gasteiger partial charge in [-0.3, -0.25) is 4.79 Å². The third-order valence-electron chi connectivity index (χ3n) is 5.57. The molecule has 3 aliphatic rings. The second-order valence-electron chi connectivity index (χ2n) is 7.41. The molecule has 0 saturated carbocycles. The third-order valence-corrected chi connectivity index (χ3v) is 5.57. The highest BCUT2D eigenvalue weighted by Gasteiger charge is 2.31. The number of carbonyl (C=O) groups excluding carboxylic acids is 2. The molecule has 1 atom stereocenters. The van der Waals surface area contributed by atoms with Gasteiger partial charge in [0.25, 0.3) is 0 Å². The molecule has 0 bridgehead atoms. The Hall–Kier alpha value is -1.52. The van der Waals surface area contributed by atoms with Crippen molar-refractivity contribution in [2.24, 2.45) is 5.92 Å². The Morgan fingerprint density at radius 1 is 1.04 bits per heavy atom. The van der Waals surface area contributed by atoms with Crippen LogP contribution in [0.2, 0.25) is 0 Å². The number of piperidine rings is 1. The number of nitrogens with one attached hydrogen (secondary N) is 1. The summed E-state index contributed by atoms with van der Waals surface area (Å²) in [6.07, 6.45) is 12.4. The highest BCUT2D eigenvalue weighted by Crippen LogP contribution is 2.21. The molecule has 0 aromatic carbocycles. The number of hydrogen-bond acceptors (Lipinski definition) is 2. The minimum absolute atomic E-state index is 0.0364. The molecule has 24 heavy (non-hydrogen) atoms. The van der Waals surface area contributed by atoms with Crippen LogP contribution in [0.15, 0.2) is 11.6 Å². The van der Waals surface area contributed by atoms with Crippen LogP contribution in [-0.4, -0.2) is 54.5 Å². The molecule has 2 saturated heterocycles. The number of likely N-dealkylation sites (tertiary alicyclic amines) is 2. The van der Waals surface area contributed by atoms with E-state index < -0.39 is 0 Å². The maximum absolute atomic E-state index is 12.5. The summed E-state index contributed by atoms with van der Waals surface area (Å²) < 4.78 is 0. The summed E-state index contributed by atoms with van der Waals surface area (Å²) in [5.41, 5.74) is 1.50. The summed E-state index contributed by atoms with van der Waals surface area (Å²) >= 11 is 0. The Morgan fingerprint density at radius 3 is 2.58 bits per heavy atom. The molecular weight excluding hydrogens is 302 g/mol. The largest absolute Gasteiger partial charge is 0.355 e. The smallest absolute Gasteiger partial charge is 0.320 e. The number of rotatable bonds is 4. The number of nitrogens with zero attached hydrogens (tertiary/aromatic N) is 2. The monoisotopic (exact) mass is 333 g/mol. The SMILES string of the molecule is O=C(NCCC1=CCCCC1)C1CCCN(C(=O)N2CCCC2)C1. The molecule has 1 unspecified atom stereocenters. The second-order valence-corrected chi connectivity index (χ2v) is 7.41. The highest BCUT2D eigenvalue weighted by molar-refractivity contribution is 5.81. The van der Waals surface area contributed by atoms with Crippen LogP contribution in [-0.2, 0) is 4.79 Å². The first-order chi connectivity index (χ1) is 11.7. The van der Waals surface area contributed by atoms with Crippen LogP contribution in [0.5, 0.6) is 0 Å². The second kappa shape index (κ2) is 8.54. The van der Waals surface area contributed by atoms with Crippen molar-refractivity contribution in [3.8, 4) is 0 Å². The molecule has 1 N–H and O–H groups in total. The van der Waals surface area contributed by atoms with E-state index in [1.165, 1.54) is 31.3 Å². The Labute approximate surface area is 145 Å². The zero-order valence-corrected chi connectivity index (χ0v) is 14.8. The van der Waals surface area contributed by atoms with Crippen molar-refractivity contribution in [3.63, 3.8) is 0 Å². The Morgan fingerprint density at radius 2 is 1.83 bits per heavy atom. The van der Waals surface area contributed by atoms with Crippen molar-refractivity contribution in [2.45, 2.75) is 57.8 Å². The van der Waals surface area contributed by atoms with E-state index in [1.54, 1.807) is 0 Å². The van der Waals surface area contributed by atoms with Gasteiger partial charge in [-0.15, -0.1) is 0 Å². The first kappa shape index (κ1) is 17.3. The van der Waals surface area contributed by atoms with Gasteiger partial charge in [-0.05, 0) is 57.8 Å². The molecule has 0 spiro atoms. The maximum Gasteiger partial charge on any atom is 0.320 e. The van der Waals surface area contributed by atoms with Crippen LogP contribution < -0.4 is 5.32 Å². The molecule has 3 amide bonds. The maximum atomic E-state index is 12.5. The predicted octanol–water partition coefficient (Wildman–Crippen LogP) is 2.92. The Bertz CT molecular complexity index is 483. The fourth-order valence-electron chi connectivity index (χ4n) is 4.10. The van der Waals surface area contributed by atoms with Crippen molar-refractivity contribution in [1.82, 2.24) is 15.1 Å². The number of amides is 3. The van der Waals surface area contributed by atoms with Gasteiger partial charge in [-0.1, -0.05) is 11.6 Å². The molecule has 0 aromatic heterocycles. The normalized spacial score (nSPS) is 24.7. The van der Waals surface area contributed by atoms with Crippen LogP contribution in [0, 0.1) is 5.92 Å². The molecule has 2 fully saturated rings. The molecule has 134 valence electrons. The van der Waals surface area contributed by atoms with Gasteiger partial charge in [-0.2, -0.15) is 0 Å². The van der Waals surface area contributed by atoms with Crippen LogP contribution >= 0.6 is 0 Å². The van der Waals surface area contributed by atoms with Crippen molar-refractivity contribution >= 4 is 11.9 Å². The summed E-state index contributed by atoms with van der Waals surface area (Å²) in [5.74, 6) is 0.0935. The third kappa shape index (κ3) is 4.52. The molecule has 2 aliphatic heterocycles. The lowest BCUT2D eigenvalue weighted by Gasteiger charge is -2.34. The lowest BCUT2D eigenvalue weighted by molar-refractivity contribution is -0.126. The zero-order chi connectivity index (χ0) is 16.8. The van der Waals surface area contributed by atoms with E-state index in [-0.39, 0.29) is 17.9 Å². The average molecular weight is 333 g/mol. The minimum Gasteiger partial charge on any atom is -0.355 e. The number of carbonyl (C=O) groups is 2. The molecule has 1 aliphatic carbocycles. The van der Waals surface area contributed by atoms with Gasteiger partial charge in [0.1, 0.15) is 0 Å². The molecular formula is C19H31N3O2. The lowest BCUT2D eigenvalue weighted by Crippen LogP contribution is -2.49. The highest BCUT2D eigenvalue weighted by atomic mass is 16.2. The predicted molar refractivity (Wildman–Crippen MR) is 94.7 cm³/mol. The average Bonchev–Trinajstić information content (AvgIpc) is 3.16. The van der Waals surface area contributed by atoms with Crippen molar-refractivity contribution < 1.29 is 9.59 Å². The van der Waals surface area contributed by atoms with Crippen molar-refractivity contribution in [3.05, 3.63) is 11.6 Å². The van der Waals surface area contributed by atoms with Crippen molar-refractivity contribution in [2.75, 3.05) is 32.7 Å². The number of allylic oxidation sites excluding steroid dienone is 1. The Kier molecular flexibility index (Phi) is 6.16. The first-order valence-electron chi connectivity index (χ1n) is 9.73. The summed E-state index contributed by atoms with van der Waals surface area (Å²) in [6.45, 7) is 3.87. The van der Waals surface area contributed by atoms with Gasteiger partial charge in [0.05, 0.1) is 5.92 Å². The summed E-state index contributed by atoms with van der Waals surface area (Å²) in [6, 6.07) is 0.136. The van der Waals surface area contributed by atoms with Gasteiger partial charge in [0.2, 0.25) is 5.91 Å².